The molecule has 3 rings (SSSR count). The summed E-state index contributed by atoms with van der Waals surface area (Å²) in [5, 5.41) is 3.39. The largest absolute Gasteiger partial charge is 0.311 e. The van der Waals surface area contributed by atoms with Crippen molar-refractivity contribution in [2.45, 2.75) is 45.1 Å². The van der Waals surface area contributed by atoms with Crippen LogP contribution >= 0.6 is 0 Å². The number of hydrogen-bond donors (Lipinski definition) is 1. The van der Waals surface area contributed by atoms with Gasteiger partial charge in [0.05, 0.1) is 5.69 Å². The van der Waals surface area contributed by atoms with Gasteiger partial charge in [-0.3, -0.25) is 0 Å². The molecule has 15 heavy (non-hydrogen) atoms. The van der Waals surface area contributed by atoms with Crippen LogP contribution in [0.2, 0.25) is 0 Å². The van der Waals surface area contributed by atoms with Gasteiger partial charge in [0.1, 0.15) is 5.82 Å². The van der Waals surface area contributed by atoms with Crippen molar-refractivity contribution >= 4 is 0 Å². The van der Waals surface area contributed by atoms with E-state index in [2.05, 4.69) is 12.2 Å². The first-order valence-corrected chi connectivity index (χ1v) is 5.97. The summed E-state index contributed by atoms with van der Waals surface area (Å²) in [6.07, 6.45) is 4.72. The molecule has 2 heterocycles. The van der Waals surface area contributed by atoms with E-state index in [9.17, 15) is 0 Å². The van der Waals surface area contributed by atoms with Crippen LogP contribution in [0.25, 0.3) is 0 Å². The lowest BCUT2D eigenvalue weighted by atomic mass is 10.0. The van der Waals surface area contributed by atoms with E-state index in [1.165, 1.54) is 29.8 Å². The summed E-state index contributed by atoms with van der Waals surface area (Å²) in [5.74, 6) is 1.77. The van der Waals surface area contributed by atoms with Gasteiger partial charge >= 0.3 is 0 Å². The summed E-state index contributed by atoms with van der Waals surface area (Å²) in [5.41, 5.74) is 3.97. The van der Waals surface area contributed by atoms with Gasteiger partial charge in [0, 0.05) is 18.2 Å². The zero-order valence-corrected chi connectivity index (χ0v) is 9.21. The zero-order chi connectivity index (χ0) is 10.3. The molecule has 0 bridgehead atoms. The molecule has 1 aromatic rings. The molecule has 1 N–H and O–H groups in total. The molecule has 0 radical (unpaired) electrons. The van der Waals surface area contributed by atoms with Gasteiger partial charge in [-0.25, -0.2) is 9.97 Å². The Morgan fingerprint density at radius 2 is 2.20 bits per heavy atom. The summed E-state index contributed by atoms with van der Waals surface area (Å²) >= 11 is 0. The SMILES string of the molecule is CCc1nc(C2CC2)nc2c1CCNC2. The van der Waals surface area contributed by atoms with Crippen molar-refractivity contribution in [3.8, 4) is 0 Å². The van der Waals surface area contributed by atoms with E-state index < -0.39 is 0 Å². The second kappa shape index (κ2) is 3.56. The summed E-state index contributed by atoms with van der Waals surface area (Å²) in [6.45, 7) is 4.21. The van der Waals surface area contributed by atoms with Crippen LogP contribution in [-0.4, -0.2) is 16.5 Å². The van der Waals surface area contributed by atoms with Crippen molar-refractivity contribution in [1.82, 2.24) is 15.3 Å². The molecule has 1 aromatic heterocycles. The Labute approximate surface area is 90.3 Å². The molecule has 0 atom stereocenters. The number of aromatic nitrogens is 2. The molecule has 1 aliphatic carbocycles. The van der Waals surface area contributed by atoms with Crippen LogP contribution in [0.1, 0.15) is 48.5 Å². The molecule has 0 unspecified atom stereocenters. The van der Waals surface area contributed by atoms with Crippen LogP contribution in [0, 0.1) is 0 Å². The van der Waals surface area contributed by atoms with Crippen molar-refractivity contribution in [2.75, 3.05) is 6.54 Å². The lowest BCUT2D eigenvalue weighted by Crippen LogP contribution is -2.27. The third-order valence-corrected chi connectivity index (χ3v) is 3.32. The summed E-state index contributed by atoms with van der Waals surface area (Å²) < 4.78 is 0. The van der Waals surface area contributed by atoms with Crippen molar-refractivity contribution < 1.29 is 0 Å². The number of aryl methyl sites for hydroxylation is 1. The Morgan fingerprint density at radius 3 is 2.93 bits per heavy atom. The molecule has 0 saturated heterocycles. The third kappa shape index (κ3) is 1.65. The average molecular weight is 203 g/mol. The topological polar surface area (TPSA) is 37.8 Å². The van der Waals surface area contributed by atoms with Gasteiger partial charge in [-0.1, -0.05) is 6.92 Å². The molecule has 0 spiro atoms. The Hall–Kier alpha value is -0.960. The quantitative estimate of drug-likeness (QED) is 0.792. The zero-order valence-electron chi connectivity index (χ0n) is 9.21. The molecule has 1 aliphatic heterocycles. The highest BCUT2D eigenvalue weighted by molar-refractivity contribution is 5.29. The van der Waals surface area contributed by atoms with Gasteiger partial charge in [0.25, 0.3) is 0 Å². The number of fused-ring (bicyclic) bond motifs is 1. The molecule has 0 amide bonds. The standard InChI is InChI=1S/C12H17N3/c1-2-10-9-5-6-13-7-11(9)15-12(14-10)8-3-4-8/h8,13H,2-7H2,1H3. The summed E-state index contributed by atoms with van der Waals surface area (Å²) in [7, 11) is 0. The van der Waals surface area contributed by atoms with Crippen LogP contribution in [0.5, 0.6) is 0 Å². The third-order valence-electron chi connectivity index (χ3n) is 3.32. The first-order chi connectivity index (χ1) is 7.38. The van der Waals surface area contributed by atoms with Gasteiger partial charge in [0.2, 0.25) is 0 Å². The van der Waals surface area contributed by atoms with Crippen LogP contribution in [0.4, 0.5) is 0 Å². The number of nitrogens with zero attached hydrogens (tertiary/aromatic N) is 2. The first-order valence-electron chi connectivity index (χ1n) is 5.97. The molecule has 2 aliphatic rings. The molecule has 80 valence electrons. The van der Waals surface area contributed by atoms with Crippen LogP contribution in [0.3, 0.4) is 0 Å². The number of nitrogens with one attached hydrogen (secondary N) is 1. The minimum atomic E-state index is 0.669. The van der Waals surface area contributed by atoms with Crippen molar-refractivity contribution in [1.29, 1.82) is 0 Å². The highest BCUT2D eigenvalue weighted by atomic mass is 15.0. The predicted molar refractivity (Wildman–Crippen MR) is 58.8 cm³/mol. The molecule has 1 fully saturated rings. The van der Waals surface area contributed by atoms with Crippen LogP contribution in [-0.2, 0) is 19.4 Å². The van der Waals surface area contributed by atoms with Gasteiger partial charge in [-0.15, -0.1) is 0 Å². The predicted octanol–water partition coefficient (Wildman–Crippen LogP) is 1.56. The average Bonchev–Trinajstić information content (AvgIpc) is 3.11. The normalized spacial score (nSPS) is 20.1. The van der Waals surface area contributed by atoms with Crippen molar-refractivity contribution in [3.63, 3.8) is 0 Å². The molecule has 3 nitrogen and oxygen atoms in total. The minimum absolute atomic E-state index is 0.669. The molecular weight excluding hydrogens is 186 g/mol. The first kappa shape index (κ1) is 9.28. The Bertz CT molecular complexity index is 365. The van der Waals surface area contributed by atoms with E-state index in [1.807, 2.05) is 0 Å². The van der Waals surface area contributed by atoms with Gasteiger partial charge in [-0.05, 0) is 37.8 Å². The van der Waals surface area contributed by atoms with E-state index >= 15 is 0 Å². The van der Waals surface area contributed by atoms with Crippen LogP contribution in [0.15, 0.2) is 0 Å². The second-order valence-corrected chi connectivity index (χ2v) is 4.51. The van der Waals surface area contributed by atoms with E-state index in [4.69, 9.17) is 9.97 Å². The van der Waals surface area contributed by atoms with Gasteiger partial charge in [0.15, 0.2) is 0 Å². The van der Waals surface area contributed by atoms with Gasteiger partial charge < -0.3 is 5.32 Å². The smallest absolute Gasteiger partial charge is 0.132 e. The Kier molecular flexibility index (Phi) is 2.20. The lowest BCUT2D eigenvalue weighted by molar-refractivity contribution is 0.608. The highest BCUT2D eigenvalue weighted by Gasteiger charge is 2.28. The molecule has 3 heteroatoms. The fourth-order valence-corrected chi connectivity index (χ4v) is 2.27. The summed E-state index contributed by atoms with van der Waals surface area (Å²) in [4.78, 5) is 9.44. The fourth-order valence-electron chi connectivity index (χ4n) is 2.27. The van der Waals surface area contributed by atoms with Crippen LogP contribution < -0.4 is 5.32 Å². The summed E-state index contributed by atoms with van der Waals surface area (Å²) in [6, 6.07) is 0. The highest BCUT2D eigenvalue weighted by Crippen LogP contribution is 2.38. The fraction of sp³-hybridized carbons (Fsp3) is 0.667. The van der Waals surface area contributed by atoms with E-state index in [1.54, 1.807) is 0 Å². The maximum Gasteiger partial charge on any atom is 0.132 e. The van der Waals surface area contributed by atoms with Crippen molar-refractivity contribution in [3.05, 3.63) is 22.8 Å². The lowest BCUT2D eigenvalue weighted by Gasteiger charge is -2.19. The van der Waals surface area contributed by atoms with E-state index in [-0.39, 0.29) is 0 Å². The monoisotopic (exact) mass is 203 g/mol. The molecular formula is C12H17N3. The molecule has 0 aromatic carbocycles. The van der Waals surface area contributed by atoms with E-state index in [0.29, 0.717) is 5.92 Å². The second-order valence-electron chi connectivity index (χ2n) is 4.51. The van der Waals surface area contributed by atoms with Crippen molar-refractivity contribution in [2.24, 2.45) is 0 Å². The van der Waals surface area contributed by atoms with Gasteiger partial charge in [-0.2, -0.15) is 0 Å². The number of hydrogen-bond acceptors (Lipinski definition) is 3. The van der Waals surface area contributed by atoms with E-state index in [0.717, 1.165) is 31.8 Å². The molecule has 1 saturated carbocycles. The number of rotatable bonds is 2. The Balaban J connectivity index is 2.06. The maximum absolute atomic E-state index is 4.73. The maximum atomic E-state index is 4.73. The minimum Gasteiger partial charge on any atom is -0.311 e. The Morgan fingerprint density at radius 1 is 1.33 bits per heavy atom.